The van der Waals surface area contributed by atoms with Gasteiger partial charge in [-0.1, -0.05) is 6.08 Å². The molecule has 17 heavy (non-hydrogen) atoms. The van der Waals surface area contributed by atoms with Crippen LogP contribution in [0.5, 0.6) is 0 Å². The van der Waals surface area contributed by atoms with Gasteiger partial charge in [0, 0.05) is 26.2 Å². The van der Waals surface area contributed by atoms with Crippen molar-refractivity contribution in [2.75, 3.05) is 13.6 Å². The molecule has 1 N–H and O–H groups in total. The van der Waals surface area contributed by atoms with Crippen molar-refractivity contribution in [1.82, 2.24) is 5.32 Å². The summed E-state index contributed by atoms with van der Waals surface area (Å²) in [5.41, 5.74) is 0. The van der Waals surface area contributed by atoms with Crippen molar-refractivity contribution in [2.24, 2.45) is 0 Å². The summed E-state index contributed by atoms with van der Waals surface area (Å²) in [5, 5.41) is 3.00. The summed E-state index contributed by atoms with van der Waals surface area (Å²) < 4.78 is 0. The van der Waals surface area contributed by atoms with Crippen LogP contribution in [-0.4, -0.2) is 13.6 Å². The van der Waals surface area contributed by atoms with Crippen LogP contribution in [0.1, 0.15) is 12.8 Å². The van der Waals surface area contributed by atoms with Crippen LogP contribution in [0, 0.1) is 43.2 Å². The van der Waals surface area contributed by atoms with Gasteiger partial charge in [0.2, 0.25) is 0 Å². The zero-order valence-electron chi connectivity index (χ0n) is 12.6. The molecule has 0 bridgehead atoms. The molecule has 0 aromatic heterocycles. The third-order valence-corrected chi connectivity index (χ3v) is 1.18. The number of hydrogen-bond acceptors (Lipinski definition) is 1. The van der Waals surface area contributed by atoms with E-state index in [2.05, 4.69) is 24.0 Å². The first kappa shape index (κ1) is 43.5. The molecule has 0 heterocycles. The molecule has 0 spiro atoms. The van der Waals surface area contributed by atoms with Crippen molar-refractivity contribution in [1.29, 1.82) is 0 Å². The monoisotopic (exact) mass is 315 g/mol. The molecule has 0 aromatic carbocycles. The molecule has 0 atom stereocenters. The van der Waals surface area contributed by atoms with Crippen molar-refractivity contribution < 1.29 is 26.2 Å². The molecule has 0 unspecified atom stereocenters. The van der Waals surface area contributed by atoms with Crippen LogP contribution in [0.25, 0.3) is 0 Å². The van der Waals surface area contributed by atoms with Gasteiger partial charge in [0.05, 0.1) is 0 Å². The zero-order chi connectivity index (χ0) is 8.36. The van der Waals surface area contributed by atoms with E-state index in [-0.39, 0.29) is 63.3 Å². The van der Waals surface area contributed by atoms with Crippen molar-refractivity contribution in [3.05, 3.63) is 74.1 Å². The fourth-order valence-corrected chi connectivity index (χ4v) is 0.587. The summed E-state index contributed by atoms with van der Waals surface area (Å²) in [5.74, 6) is 0. The Kier molecular flexibility index (Phi) is 113. The van der Waals surface area contributed by atoms with Crippen LogP contribution in [-0.2, 0) is 26.2 Å². The second kappa shape index (κ2) is 44.4. The van der Waals surface area contributed by atoms with Gasteiger partial charge < -0.3 is 42.5 Å². The van der Waals surface area contributed by atoms with Gasteiger partial charge in [-0.25, -0.2) is 12.2 Å². The first-order valence-corrected chi connectivity index (χ1v) is 3.89. The number of allylic oxidation sites excluding steroid dienone is 4. The van der Waals surface area contributed by atoms with Gasteiger partial charge in [0.25, 0.3) is 0 Å². The molecule has 1 nitrogen and oxygen atoms in total. The minimum absolute atomic E-state index is 0. The fraction of sp³-hybridized carbons (Fsp3) is 0.267. The quantitative estimate of drug-likeness (QED) is 0.464. The summed E-state index contributed by atoms with van der Waals surface area (Å²) in [4.78, 5) is 0. The Hall–Kier alpha value is 0.0631. The molecule has 1 aliphatic carbocycles. The minimum atomic E-state index is 0. The van der Waals surface area contributed by atoms with Crippen LogP contribution in [0.15, 0.2) is 30.9 Å². The predicted octanol–water partition coefficient (Wildman–Crippen LogP) is 4.34. The second-order valence-electron chi connectivity index (χ2n) is 2.18. The normalized spacial score (nSPS) is 8.06. The van der Waals surface area contributed by atoms with Crippen LogP contribution in [0.2, 0.25) is 0 Å². The van der Waals surface area contributed by atoms with Gasteiger partial charge in [0.1, 0.15) is 0 Å². The Bertz CT molecular complexity index is 130. The summed E-state index contributed by atoms with van der Waals surface area (Å²) >= 11 is 0. The molecule has 0 saturated heterocycles. The predicted molar refractivity (Wildman–Crippen MR) is 82.4 cm³/mol. The number of rotatable bonds is 3. The van der Waals surface area contributed by atoms with Crippen LogP contribution < -0.4 is 5.32 Å². The molecule has 0 saturated carbocycles. The largest absolute Gasteiger partial charge is 0.358 e. The van der Waals surface area contributed by atoms with E-state index in [9.17, 15) is 0 Å². The summed E-state index contributed by atoms with van der Waals surface area (Å²) in [6.07, 6.45) is 13.0. The van der Waals surface area contributed by atoms with Gasteiger partial charge in [-0.3, -0.25) is 6.08 Å². The van der Waals surface area contributed by atoms with E-state index in [0.29, 0.717) is 0 Å². The Labute approximate surface area is 132 Å². The van der Waals surface area contributed by atoms with Gasteiger partial charge in [-0.05, 0) is 20.0 Å². The molecule has 0 aromatic rings. The molecule has 0 fully saturated rings. The van der Waals surface area contributed by atoms with Gasteiger partial charge in [0.15, 0.2) is 0 Å². The first-order valence-electron chi connectivity index (χ1n) is 3.89. The van der Waals surface area contributed by atoms with Crippen molar-refractivity contribution in [3.63, 3.8) is 0 Å². The fourth-order valence-electron chi connectivity index (χ4n) is 0.587. The molecule has 0 amide bonds. The molecule has 2 heteroatoms. The van der Waals surface area contributed by atoms with Crippen molar-refractivity contribution in [3.8, 4) is 0 Å². The second-order valence-corrected chi connectivity index (χ2v) is 2.18. The Balaban J connectivity index is -0.0000000174. The third kappa shape index (κ3) is 48.9. The Morgan fingerprint density at radius 1 is 1.24 bits per heavy atom. The topological polar surface area (TPSA) is 12.0 Å². The summed E-state index contributed by atoms with van der Waals surface area (Å²) in [6, 6.07) is 0. The standard InChI is InChI=1S/C5H11N.C5H5.5CH3.Zr/c1-3-4-5-6-2;1-2-4-5-3-1;;;;;;/h3,6H,1,4-5H2,2H3;1-3H,4H2;5*1H3;/q;6*-1;. The van der Waals surface area contributed by atoms with E-state index >= 15 is 0 Å². The van der Waals surface area contributed by atoms with E-state index in [0.717, 1.165) is 19.4 Å². The average molecular weight is 317 g/mol. The maximum absolute atomic E-state index is 3.56. The van der Waals surface area contributed by atoms with Gasteiger partial charge in [-0.15, -0.1) is 13.0 Å². The smallest absolute Gasteiger partial charge is 0 e. The molecular weight excluding hydrogens is 285 g/mol. The number of nitrogens with one attached hydrogen (secondary N) is 1. The summed E-state index contributed by atoms with van der Waals surface area (Å²) in [6.45, 7) is 4.60. The molecule has 1 aliphatic rings. The molecule has 1 rings (SSSR count). The summed E-state index contributed by atoms with van der Waals surface area (Å²) in [7, 11) is 1.93. The minimum Gasteiger partial charge on any atom is -0.358 e. The van der Waals surface area contributed by atoms with Gasteiger partial charge >= 0.3 is 0 Å². The zero-order valence-corrected chi connectivity index (χ0v) is 15.1. The van der Waals surface area contributed by atoms with Gasteiger partial charge in [-0.2, -0.15) is 6.08 Å². The average Bonchev–Trinajstić information content (AvgIpc) is 2.57. The Morgan fingerprint density at radius 2 is 1.76 bits per heavy atom. The molecule has 0 radical (unpaired) electrons. The van der Waals surface area contributed by atoms with E-state index in [1.807, 2.05) is 25.3 Å². The maximum atomic E-state index is 3.56. The third-order valence-electron chi connectivity index (χ3n) is 1.18. The molecular formula is C15H31NZr-6. The van der Waals surface area contributed by atoms with Crippen LogP contribution in [0.3, 0.4) is 0 Å². The van der Waals surface area contributed by atoms with E-state index in [4.69, 9.17) is 0 Å². The maximum Gasteiger partial charge on any atom is 0 e. The van der Waals surface area contributed by atoms with E-state index in [1.54, 1.807) is 0 Å². The van der Waals surface area contributed by atoms with Crippen molar-refractivity contribution >= 4 is 0 Å². The molecule has 106 valence electrons. The Morgan fingerprint density at radius 3 is 1.88 bits per heavy atom. The van der Waals surface area contributed by atoms with Crippen LogP contribution >= 0.6 is 0 Å². The van der Waals surface area contributed by atoms with E-state index < -0.39 is 0 Å². The first-order chi connectivity index (χ1) is 5.41. The number of hydrogen-bond donors (Lipinski definition) is 1. The SMILES string of the molecule is C=CCCNC.[C-]1=CC=CC1.[CH3-].[CH3-].[CH3-].[CH3-].[CH3-].[Zr]. The van der Waals surface area contributed by atoms with Crippen LogP contribution in [0.4, 0.5) is 0 Å². The molecule has 0 aliphatic heterocycles. The van der Waals surface area contributed by atoms with Crippen molar-refractivity contribution in [2.45, 2.75) is 12.8 Å². The van der Waals surface area contributed by atoms with E-state index in [1.165, 1.54) is 0 Å².